The molecule has 2 nitrogen and oxygen atoms in total. The molecule has 1 aromatic rings. The van der Waals surface area contributed by atoms with Crippen LogP contribution in [0.5, 0.6) is 0 Å². The molecule has 0 radical (unpaired) electrons. The van der Waals surface area contributed by atoms with E-state index in [2.05, 4.69) is 51.3 Å². The van der Waals surface area contributed by atoms with Crippen LogP contribution >= 0.6 is 15.9 Å². The highest BCUT2D eigenvalue weighted by atomic mass is 79.9. The van der Waals surface area contributed by atoms with Gasteiger partial charge in [0, 0.05) is 35.2 Å². The summed E-state index contributed by atoms with van der Waals surface area (Å²) in [6, 6.07) is 6.62. The zero-order chi connectivity index (χ0) is 11.9. The Morgan fingerprint density at radius 1 is 1.35 bits per heavy atom. The van der Waals surface area contributed by atoms with Crippen molar-refractivity contribution < 1.29 is 0 Å². The molecule has 0 aliphatic carbocycles. The second kappa shape index (κ2) is 4.29. The minimum absolute atomic E-state index is 0.555. The smallest absolute Gasteiger partial charge is 0.0396 e. The normalized spacial score (nSPS) is 28.2. The van der Waals surface area contributed by atoms with E-state index in [1.807, 2.05) is 0 Å². The van der Waals surface area contributed by atoms with Gasteiger partial charge in [0.25, 0.3) is 0 Å². The zero-order valence-electron chi connectivity index (χ0n) is 10.3. The molecule has 3 rings (SSSR count). The molecule has 1 aromatic carbocycles. The summed E-state index contributed by atoms with van der Waals surface area (Å²) in [6.45, 7) is 7.05. The van der Waals surface area contributed by atoms with Crippen molar-refractivity contribution in [3.63, 3.8) is 0 Å². The fourth-order valence-electron chi connectivity index (χ4n) is 3.26. The number of rotatable bonds is 1. The summed E-state index contributed by atoms with van der Waals surface area (Å²) < 4.78 is 1.18. The number of anilines is 1. The molecule has 0 bridgehead atoms. The average molecular weight is 295 g/mol. The highest BCUT2D eigenvalue weighted by Crippen LogP contribution is 2.39. The van der Waals surface area contributed by atoms with E-state index < -0.39 is 0 Å². The SMILES string of the molecule is Cc1cc(Br)ccc1N1CCC2(CCNC2)C1. The van der Waals surface area contributed by atoms with Crippen LogP contribution in [-0.4, -0.2) is 26.2 Å². The number of nitrogens with zero attached hydrogens (tertiary/aromatic N) is 1. The van der Waals surface area contributed by atoms with Gasteiger partial charge in [0.1, 0.15) is 0 Å². The number of benzene rings is 1. The number of halogens is 1. The molecule has 92 valence electrons. The number of hydrogen-bond acceptors (Lipinski definition) is 2. The first-order chi connectivity index (χ1) is 8.19. The molecule has 2 fully saturated rings. The fourth-order valence-corrected chi connectivity index (χ4v) is 3.73. The quantitative estimate of drug-likeness (QED) is 0.857. The summed E-state index contributed by atoms with van der Waals surface area (Å²) in [5, 5.41) is 3.52. The molecule has 0 aromatic heterocycles. The first-order valence-electron chi connectivity index (χ1n) is 6.40. The highest BCUT2D eigenvalue weighted by Gasteiger charge is 2.40. The van der Waals surface area contributed by atoms with E-state index in [4.69, 9.17) is 0 Å². The van der Waals surface area contributed by atoms with Crippen LogP contribution in [0.15, 0.2) is 22.7 Å². The van der Waals surface area contributed by atoms with Crippen LogP contribution in [0.2, 0.25) is 0 Å². The Morgan fingerprint density at radius 2 is 2.24 bits per heavy atom. The fraction of sp³-hybridized carbons (Fsp3) is 0.571. The van der Waals surface area contributed by atoms with Gasteiger partial charge in [-0.1, -0.05) is 15.9 Å². The first-order valence-corrected chi connectivity index (χ1v) is 7.20. The summed E-state index contributed by atoms with van der Waals surface area (Å²) >= 11 is 3.54. The van der Waals surface area contributed by atoms with Gasteiger partial charge in [0.2, 0.25) is 0 Å². The van der Waals surface area contributed by atoms with Gasteiger partial charge in [-0.15, -0.1) is 0 Å². The second-order valence-electron chi connectivity index (χ2n) is 5.53. The van der Waals surface area contributed by atoms with E-state index >= 15 is 0 Å². The average Bonchev–Trinajstić information content (AvgIpc) is 2.90. The third-order valence-corrected chi connectivity index (χ3v) is 4.76. The van der Waals surface area contributed by atoms with E-state index in [0.29, 0.717) is 5.41 Å². The Hall–Kier alpha value is -0.540. The lowest BCUT2D eigenvalue weighted by Crippen LogP contribution is -2.29. The Balaban J connectivity index is 1.82. The second-order valence-corrected chi connectivity index (χ2v) is 6.44. The van der Waals surface area contributed by atoms with E-state index in [9.17, 15) is 0 Å². The maximum absolute atomic E-state index is 3.54. The van der Waals surface area contributed by atoms with Crippen molar-refractivity contribution in [2.45, 2.75) is 19.8 Å². The molecule has 1 N–H and O–H groups in total. The maximum atomic E-state index is 3.54. The molecule has 2 saturated heterocycles. The predicted molar refractivity (Wildman–Crippen MR) is 75.6 cm³/mol. The van der Waals surface area contributed by atoms with E-state index in [-0.39, 0.29) is 0 Å². The third-order valence-electron chi connectivity index (χ3n) is 4.27. The van der Waals surface area contributed by atoms with Crippen LogP contribution in [0.4, 0.5) is 5.69 Å². The number of aryl methyl sites for hydroxylation is 1. The molecular formula is C14H19BrN2. The van der Waals surface area contributed by atoms with Crippen molar-refractivity contribution in [1.29, 1.82) is 0 Å². The lowest BCUT2D eigenvalue weighted by molar-refractivity contribution is 0.369. The van der Waals surface area contributed by atoms with Crippen molar-refractivity contribution in [3.05, 3.63) is 28.2 Å². The van der Waals surface area contributed by atoms with Gasteiger partial charge in [-0.25, -0.2) is 0 Å². The van der Waals surface area contributed by atoms with Crippen molar-refractivity contribution in [1.82, 2.24) is 5.32 Å². The Bertz CT molecular complexity index is 424. The van der Waals surface area contributed by atoms with Gasteiger partial charge in [0.05, 0.1) is 0 Å². The molecule has 2 heterocycles. The topological polar surface area (TPSA) is 15.3 Å². The molecule has 1 unspecified atom stereocenters. The summed E-state index contributed by atoms with van der Waals surface area (Å²) in [6.07, 6.45) is 2.69. The van der Waals surface area contributed by atoms with Crippen molar-refractivity contribution in [2.75, 3.05) is 31.1 Å². The van der Waals surface area contributed by atoms with Crippen LogP contribution in [0.25, 0.3) is 0 Å². The lowest BCUT2D eigenvalue weighted by atomic mass is 9.86. The van der Waals surface area contributed by atoms with E-state index in [0.717, 1.165) is 0 Å². The Labute approximate surface area is 112 Å². The van der Waals surface area contributed by atoms with Gasteiger partial charge in [-0.2, -0.15) is 0 Å². The van der Waals surface area contributed by atoms with Crippen LogP contribution in [0.3, 0.4) is 0 Å². The highest BCUT2D eigenvalue weighted by molar-refractivity contribution is 9.10. The van der Waals surface area contributed by atoms with Gasteiger partial charge in [-0.3, -0.25) is 0 Å². The van der Waals surface area contributed by atoms with Crippen molar-refractivity contribution in [3.8, 4) is 0 Å². The van der Waals surface area contributed by atoms with Crippen LogP contribution in [-0.2, 0) is 0 Å². The molecule has 1 atom stereocenters. The van der Waals surface area contributed by atoms with Gasteiger partial charge in [0.15, 0.2) is 0 Å². The molecular weight excluding hydrogens is 276 g/mol. The van der Waals surface area contributed by atoms with Gasteiger partial charge in [-0.05, 0) is 50.1 Å². The predicted octanol–water partition coefficient (Wildman–Crippen LogP) is 2.95. The summed E-state index contributed by atoms with van der Waals surface area (Å²) in [7, 11) is 0. The molecule has 0 amide bonds. The Morgan fingerprint density at radius 3 is 2.94 bits per heavy atom. The third kappa shape index (κ3) is 2.11. The molecule has 17 heavy (non-hydrogen) atoms. The molecule has 2 aliphatic rings. The van der Waals surface area contributed by atoms with Crippen molar-refractivity contribution in [2.24, 2.45) is 5.41 Å². The lowest BCUT2D eigenvalue weighted by Gasteiger charge is -2.25. The monoisotopic (exact) mass is 294 g/mol. The standard InChI is InChI=1S/C14H19BrN2/c1-11-8-12(15)2-3-13(11)17-7-5-14(10-17)4-6-16-9-14/h2-3,8,16H,4-7,9-10H2,1H3. The largest absolute Gasteiger partial charge is 0.371 e. The van der Waals surface area contributed by atoms with Crippen molar-refractivity contribution >= 4 is 21.6 Å². The zero-order valence-corrected chi connectivity index (χ0v) is 11.9. The molecule has 2 aliphatic heterocycles. The summed E-state index contributed by atoms with van der Waals surface area (Å²) in [5.74, 6) is 0. The maximum Gasteiger partial charge on any atom is 0.0396 e. The van der Waals surface area contributed by atoms with Gasteiger partial charge >= 0.3 is 0 Å². The van der Waals surface area contributed by atoms with E-state index in [1.165, 1.54) is 54.7 Å². The van der Waals surface area contributed by atoms with Gasteiger partial charge < -0.3 is 10.2 Å². The first kappa shape index (κ1) is 11.5. The van der Waals surface area contributed by atoms with Crippen LogP contribution in [0, 0.1) is 12.3 Å². The summed E-state index contributed by atoms with van der Waals surface area (Å²) in [4.78, 5) is 2.56. The minimum Gasteiger partial charge on any atom is -0.371 e. The molecule has 0 saturated carbocycles. The summed E-state index contributed by atoms with van der Waals surface area (Å²) in [5.41, 5.74) is 3.35. The van der Waals surface area contributed by atoms with E-state index in [1.54, 1.807) is 0 Å². The Kier molecular flexibility index (Phi) is 2.91. The van der Waals surface area contributed by atoms with Crippen LogP contribution in [0.1, 0.15) is 18.4 Å². The van der Waals surface area contributed by atoms with Crippen LogP contribution < -0.4 is 10.2 Å². The molecule has 3 heteroatoms. The minimum atomic E-state index is 0.555. The number of hydrogen-bond donors (Lipinski definition) is 1. The number of nitrogens with one attached hydrogen (secondary N) is 1. The molecule has 1 spiro atoms.